The van der Waals surface area contributed by atoms with Gasteiger partial charge in [-0.15, -0.1) is 0 Å². The molecule has 56 heavy (non-hydrogen) atoms. The summed E-state index contributed by atoms with van der Waals surface area (Å²) in [5, 5.41) is 0. The van der Waals surface area contributed by atoms with Gasteiger partial charge in [0.2, 0.25) is 0 Å². The lowest BCUT2D eigenvalue weighted by molar-refractivity contribution is 0.436. The van der Waals surface area contributed by atoms with Crippen LogP contribution in [0.4, 0.5) is 0 Å². The zero-order chi connectivity index (χ0) is 37.1. The predicted octanol–water partition coefficient (Wildman–Crippen LogP) is 12.1. The van der Waals surface area contributed by atoms with Crippen LogP contribution >= 0.6 is 0 Å². The SMILES string of the molecule is c1ccc(-c2nc(-c3ccccc3)nc(-c3ccc4c(c3)C3(c5cc(-c6ccc(-c7ccncc7)cc6)ccc5O4)c4ccccc4-c4ccccc43)n2)cc1. The fourth-order valence-electron chi connectivity index (χ4n) is 8.56. The Balaban J connectivity index is 1.13. The van der Waals surface area contributed by atoms with Crippen LogP contribution in [0.1, 0.15) is 22.3 Å². The Labute approximate surface area is 324 Å². The lowest BCUT2D eigenvalue weighted by Crippen LogP contribution is -2.32. The zero-order valence-electron chi connectivity index (χ0n) is 30.2. The van der Waals surface area contributed by atoms with Crippen molar-refractivity contribution in [3.8, 4) is 79.0 Å². The fraction of sp³-hybridized carbons (Fsp3) is 0.0196. The summed E-state index contributed by atoms with van der Waals surface area (Å²) < 4.78 is 6.88. The van der Waals surface area contributed by atoms with Crippen molar-refractivity contribution in [1.29, 1.82) is 0 Å². The molecule has 7 aromatic carbocycles. The van der Waals surface area contributed by atoms with Gasteiger partial charge in [0.25, 0.3) is 0 Å². The monoisotopic (exact) mass is 716 g/mol. The molecule has 2 aliphatic rings. The number of fused-ring (bicyclic) bond motifs is 9. The summed E-state index contributed by atoms with van der Waals surface area (Å²) in [5.41, 5.74) is 13.6. The molecule has 5 nitrogen and oxygen atoms in total. The smallest absolute Gasteiger partial charge is 0.164 e. The Morgan fingerprint density at radius 3 is 1.29 bits per heavy atom. The summed E-state index contributed by atoms with van der Waals surface area (Å²) in [5.74, 6) is 3.50. The Hall–Kier alpha value is -7.50. The van der Waals surface area contributed by atoms with Crippen LogP contribution in [-0.2, 0) is 5.41 Å². The lowest BCUT2D eigenvalue weighted by Gasteiger charge is -2.40. The number of rotatable bonds is 5. The minimum Gasteiger partial charge on any atom is -0.457 e. The van der Waals surface area contributed by atoms with E-state index in [1.165, 1.54) is 22.3 Å². The first-order valence-corrected chi connectivity index (χ1v) is 18.8. The molecule has 0 unspecified atom stereocenters. The molecule has 5 heteroatoms. The average molecular weight is 717 g/mol. The molecule has 2 aromatic heterocycles. The summed E-state index contributed by atoms with van der Waals surface area (Å²) in [6.45, 7) is 0. The minimum atomic E-state index is -0.670. The van der Waals surface area contributed by atoms with Gasteiger partial charge in [-0.05, 0) is 87.0 Å². The number of aromatic nitrogens is 4. The molecule has 3 heterocycles. The van der Waals surface area contributed by atoms with E-state index in [1.54, 1.807) is 0 Å². The number of hydrogen-bond donors (Lipinski definition) is 0. The molecule has 0 atom stereocenters. The van der Waals surface area contributed by atoms with E-state index >= 15 is 0 Å². The van der Waals surface area contributed by atoms with Crippen LogP contribution in [0.3, 0.4) is 0 Å². The van der Waals surface area contributed by atoms with Gasteiger partial charge in [0, 0.05) is 40.2 Å². The number of benzene rings is 7. The fourth-order valence-corrected chi connectivity index (χ4v) is 8.56. The van der Waals surface area contributed by atoms with Crippen molar-refractivity contribution in [1.82, 2.24) is 19.9 Å². The van der Waals surface area contributed by atoms with E-state index in [9.17, 15) is 0 Å². The van der Waals surface area contributed by atoms with Crippen LogP contribution in [-0.4, -0.2) is 19.9 Å². The molecule has 0 bridgehead atoms. The molecule has 262 valence electrons. The molecule has 0 saturated carbocycles. The summed E-state index contributed by atoms with van der Waals surface area (Å²) in [6.07, 6.45) is 3.66. The second-order valence-corrected chi connectivity index (χ2v) is 14.2. The van der Waals surface area contributed by atoms with E-state index in [1.807, 2.05) is 85.2 Å². The summed E-state index contributed by atoms with van der Waals surface area (Å²) in [7, 11) is 0. The van der Waals surface area contributed by atoms with E-state index in [0.29, 0.717) is 17.5 Å². The van der Waals surface area contributed by atoms with Crippen LogP contribution in [0.5, 0.6) is 11.5 Å². The Morgan fingerprint density at radius 2 is 0.732 bits per heavy atom. The Kier molecular flexibility index (Phi) is 7.32. The van der Waals surface area contributed by atoms with Crippen molar-refractivity contribution in [3.63, 3.8) is 0 Å². The highest BCUT2D eigenvalue weighted by atomic mass is 16.5. The van der Waals surface area contributed by atoms with Gasteiger partial charge in [0.1, 0.15) is 11.5 Å². The Bertz CT molecular complexity index is 2830. The number of hydrogen-bond acceptors (Lipinski definition) is 5. The third kappa shape index (κ3) is 5.02. The molecular weight excluding hydrogens is 685 g/mol. The second-order valence-electron chi connectivity index (χ2n) is 14.2. The number of pyridine rings is 1. The van der Waals surface area contributed by atoms with Crippen molar-refractivity contribution < 1.29 is 4.74 Å². The van der Waals surface area contributed by atoms with E-state index in [-0.39, 0.29) is 0 Å². The van der Waals surface area contributed by atoms with Gasteiger partial charge in [0.05, 0.1) is 5.41 Å². The van der Waals surface area contributed by atoms with E-state index in [2.05, 4.69) is 114 Å². The number of ether oxygens (including phenoxy) is 1. The predicted molar refractivity (Wildman–Crippen MR) is 222 cm³/mol. The van der Waals surface area contributed by atoms with Crippen molar-refractivity contribution in [2.45, 2.75) is 5.41 Å². The van der Waals surface area contributed by atoms with Crippen LogP contribution in [0.15, 0.2) is 194 Å². The second kappa shape index (κ2) is 12.8. The van der Waals surface area contributed by atoms with Gasteiger partial charge >= 0.3 is 0 Å². The van der Waals surface area contributed by atoms with Crippen molar-refractivity contribution in [2.75, 3.05) is 0 Å². The van der Waals surface area contributed by atoms with Crippen LogP contribution < -0.4 is 4.74 Å². The highest BCUT2D eigenvalue weighted by Crippen LogP contribution is 2.62. The van der Waals surface area contributed by atoms with Gasteiger partial charge in [-0.3, -0.25) is 4.98 Å². The molecule has 0 radical (unpaired) electrons. The highest BCUT2D eigenvalue weighted by Gasteiger charge is 2.51. The minimum absolute atomic E-state index is 0.601. The maximum Gasteiger partial charge on any atom is 0.164 e. The Morgan fingerprint density at radius 1 is 0.321 bits per heavy atom. The van der Waals surface area contributed by atoms with Gasteiger partial charge in [-0.25, -0.2) is 15.0 Å². The first-order valence-electron chi connectivity index (χ1n) is 18.8. The first-order chi connectivity index (χ1) is 27.7. The van der Waals surface area contributed by atoms with Crippen molar-refractivity contribution >= 4 is 0 Å². The maximum absolute atomic E-state index is 6.88. The maximum atomic E-state index is 6.88. The number of nitrogens with zero attached hydrogens (tertiary/aromatic N) is 4. The lowest BCUT2D eigenvalue weighted by atomic mass is 9.65. The van der Waals surface area contributed by atoms with Gasteiger partial charge in [-0.2, -0.15) is 0 Å². The van der Waals surface area contributed by atoms with Crippen LogP contribution in [0, 0.1) is 0 Å². The topological polar surface area (TPSA) is 60.8 Å². The van der Waals surface area contributed by atoms with Crippen LogP contribution in [0.2, 0.25) is 0 Å². The molecule has 0 saturated heterocycles. The molecule has 11 rings (SSSR count). The third-order valence-corrected chi connectivity index (χ3v) is 11.1. The molecule has 1 spiro atoms. The average Bonchev–Trinajstić information content (AvgIpc) is 3.58. The normalized spacial score (nSPS) is 12.9. The summed E-state index contributed by atoms with van der Waals surface area (Å²) >= 11 is 0. The molecule has 9 aromatic rings. The van der Waals surface area contributed by atoms with Crippen molar-refractivity contribution in [3.05, 3.63) is 217 Å². The quantitative estimate of drug-likeness (QED) is 0.177. The largest absolute Gasteiger partial charge is 0.457 e. The van der Waals surface area contributed by atoms with E-state index in [4.69, 9.17) is 19.7 Å². The first kappa shape index (κ1) is 32.0. The molecule has 0 N–H and O–H groups in total. The molecule has 0 fully saturated rings. The standard InChI is InChI=1S/C51H32N4O/c1-3-11-36(12-4-1)48-53-49(37-13-5-2-6-14-37)55-50(54-48)39-24-26-47-45(32-39)51(42-17-9-7-15-40(42)41-16-8-10-18-43(41)51)44-31-38(23-25-46(44)56-47)34-21-19-33(20-22-34)35-27-29-52-30-28-35/h1-32H. The van der Waals surface area contributed by atoms with E-state index < -0.39 is 5.41 Å². The van der Waals surface area contributed by atoms with Gasteiger partial charge < -0.3 is 4.74 Å². The van der Waals surface area contributed by atoms with Gasteiger partial charge in [0.15, 0.2) is 17.5 Å². The molecule has 0 amide bonds. The molecule has 1 aliphatic carbocycles. The molecular formula is C51H32N4O. The summed E-state index contributed by atoms with van der Waals surface area (Å²) in [6, 6.07) is 63.7. The van der Waals surface area contributed by atoms with E-state index in [0.717, 1.165) is 61.6 Å². The van der Waals surface area contributed by atoms with Crippen LogP contribution in [0.25, 0.3) is 67.5 Å². The third-order valence-electron chi connectivity index (χ3n) is 11.1. The molecule has 1 aliphatic heterocycles. The van der Waals surface area contributed by atoms with Crippen molar-refractivity contribution in [2.24, 2.45) is 0 Å². The summed E-state index contributed by atoms with van der Waals surface area (Å²) in [4.78, 5) is 19.4. The van der Waals surface area contributed by atoms with Gasteiger partial charge in [-0.1, -0.05) is 140 Å². The highest BCUT2D eigenvalue weighted by molar-refractivity contribution is 5.90. The zero-order valence-corrected chi connectivity index (χ0v) is 30.2.